The first-order chi connectivity index (χ1) is 28.5. The maximum Gasteiger partial charge on any atom is 0.419 e. The number of hydrogen-bond donors (Lipinski definition) is 1. The van der Waals surface area contributed by atoms with E-state index in [1.807, 2.05) is 12.1 Å². The maximum absolute atomic E-state index is 13.4. The molecule has 0 amide bonds. The normalized spacial score (nSPS) is 12.5. The average Bonchev–Trinajstić information content (AvgIpc) is 3.62. The third-order valence-electron chi connectivity index (χ3n) is 8.67. The van der Waals surface area contributed by atoms with Gasteiger partial charge in [0.25, 0.3) is 0 Å². The quantitative estimate of drug-likeness (QED) is 0.0434. The topological polar surface area (TPSA) is 170 Å². The molecule has 62 heavy (non-hydrogen) atoms. The fraction of sp³-hybridized carbons (Fsp3) is 0.422. The molecule has 0 saturated heterocycles. The van der Waals surface area contributed by atoms with Crippen molar-refractivity contribution in [2.24, 2.45) is 5.84 Å². The molecule has 0 atom stereocenters. The highest BCUT2D eigenvalue weighted by Crippen LogP contribution is 2.38. The number of fused-ring (bicyclic) bond motifs is 6. The van der Waals surface area contributed by atoms with Crippen molar-refractivity contribution in [2.45, 2.75) is 117 Å². The van der Waals surface area contributed by atoms with Gasteiger partial charge in [0.1, 0.15) is 32.7 Å². The van der Waals surface area contributed by atoms with Gasteiger partial charge in [0.2, 0.25) is 0 Å². The molecule has 2 N–H and O–H groups in total. The molecule has 0 aliphatic carbocycles. The van der Waals surface area contributed by atoms with E-state index in [0.29, 0.717) is 49.5 Å². The number of esters is 2. The Morgan fingerprint density at radius 1 is 0.613 bits per heavy atom. The molecule has 6 aromatic rings. The number of carbonyl (C=O) groups is 4. The van der Waals surface area contributed by atoms with E-state index in [0.717, 1.165) is 10.8 Å². The van der Waals surface area contributed by atoms with E-state index in [1.54, 1.807) is 127 Å². The van der Waals surface area contributed by atoms with Crippen LogP contribution in [0.1, 0.15) is 115 Å². The molecule has 0 saturated carbocycles. The van der Waals surface area contributed by atoms with Gasteiger partial charge in [-0.1, -0.05) is 63.4 Å². The number of alkyl halides is 1. The van der Waals surface area contributed by atoms with Gasteiger partial charge in [-0.15, -0.1) is 0 Å². The van der Waals surface area contributed by atoms with Crippen molar-refractivity contribution in [3.63, 3.8) is 0 Å². The molecule has 17 heteroatoms. The number of pyridine rings is 2. The summed E-state index contributed by atoms with van der Waals surface area (Å²) < 4.78 is 25.5. The summed E-state index contributed by atoms with van der Waals surface area (Å²) in [5.74, 6) is 4.90. The lowest BCUT2D eigenvalue weighted by atomic mass is 10.1. The Kier molecular flexibility index (Phi) is 13.8. The number of aromatic nitrogens is 4. The third-order valence-corrected chi connectivity index (χ3v) is 9.61. The molecular formula is C45H53BrCl2N6O8. The number of carbonyl (C=O) groups excluding carboxylic acids is 4. The van der Waals surface area contributed by atoms with Crippen LogP contribution in [0.25, 0.3) is 43.4 Å². The van der Waals surface area contributed by atoms with Crippen LogP contribution in [0.2, 0.25) is 10.3 Å². The number of hydrogen-bond acceptors (Lipinski definition) is 12. The average molecular weight is 957 g/mol. The highest BCUT2D eigenvalue weighted by atomic mass is 79.9. The van der Waals surface area contributed by atoms with Crippen molar-refractivity contribution < 1.29 is 38.1 Å². The highest BCUT2D eigenvalue weighted by molar-refractivity contribution is 9.08. The van der Waals surface area contributed by atoms with Crippen molar-refractivity contribution in [3.05, 3.63) is 81.6 Å². The largest absolute Gasteiger partial charge is 0.456 e. The van der Waals surface area contributed by atoms with E-state index in [2.05, 4.69) is 25.9 Å². The monoisotopic (exact) mass is 954 g/mol. The lowest BCUT2D eigenvalue weighted by molar-refractivity contribution is 0.00569. The summed E-state index contributed by atoms with van der Waals surface area (Å²) >= 11 is 15.8. The predicted molar refractivity (Wildman–Crippen MR) is 246 cm³/mol. The summed E-state index contributed by atoms with van der Waals surface area (Å²) in [7, 11) is 1.65. The Hall–Kier alpha value is -4.80. The molecule has 0 radical (unpaired) electrons. The zero-order valence-corrected chi connectivity index (χ0v) is 40.3. The molecule has 6 rings (SSSR count). The molecule has 0 aliphatic heterocycles. The van der Waals surface area contributed by atoms with Crippen LogP contribution in [0.5, 0.6) is 0 Å². The summed E-state index contributed by atoms with van der Waals surface area (Å²) in [6, 6.07) is 10.6. The fourth-order valence-corrected chi connectivity index (χ4v) is 7.53. The summed E-state index contributed by atoms with van der Waals surface area (Å²) in [4.78, 5) is 61.3. The van der Waals surface area contributed by atoms with Gasteiger partial charge in [-0.3, -0.25) is 5.84 Å². The molecule has 0 fully saturated rings. The van der Waals surface area contributed by atoms with E-state index in [1.165, 1.54) is 14.1 Å². The smallest absolute Gasteiger partial charge is 0.419 e. The van der Waals surface area contributed by atoms with Crippen molar-refractivity contribution in [1.29, 1.82) is 0 Å². The Morgan fingerprint density at radius 3 is 1.31 bits per heavy atom. The minimum Gasteiger partial charge on any atom is -0.456 e. The molecule has 14 nitrogen and oxygen atoms in total. The van der Waals surface area contributed by atoms with Gasteiger partial charge < -0.3 is 18.9 Å². The molecule has 4 heterocycles. The van der Waals surface area contributed by atoms with Gasteiger partial charge in [0.15, 0.2) is 0 Å². The van der Waals surface area contributed by atoms with Gasteiger partial charge in [-0.05, 0) is 95.2 Å². The van der Waals surface area contributed by atoms with Crippen LogP contribution in [0.3, 0.4) is 0 Å². The van der Waals surface area contributed by atoms with E-state index < -0.39 is 46.5 Å². The van der Waals surface area contributed by atoms with Gasteiger partial charge in [0, 0.05) is 57.1 Å². The van der Waals surface area contributed by atoms with Crippen LogP contribution >= 0.6 is 39.1 Å². The number of benzene rings is 2. The number of nitrogens with two attached hydrogens (primary N) is 1. The van der Waals surface area contributed by atoms with Crippen LogP contribution in [0.4, 0.5) is 9.59 Å². The first-order valence-electron chi connectivity index (χ1n) is 19.7. The predicted octanol–water partition coefficient (Wildman–Crippen LogP) is 11.4. The van der Waals surface area contributed by atoms with Crippen LogP contribution in [-0.2, 0) is 30.8 Å². The first kappa shape index (κ1) is 48.2. The Labute approximate surface area is 379 Å². The number of nitrogens with zero attached hydrogens (tertiary/aromatic N) is 5. The maximum atomic E-state index is 13.4. The second-order valence-corrected chi connectivity index (χ2v) is 20.0. The minimum absolute atomic E-state index is 0.100. The number of halogens is 3. The van der Waals surface area contributed by atoms with E-state index in [4.69, 9.17) is 48.0 Å². The third kappa shape index (κ3) is 11.0. The number of ether oxygens (including phenoxy) is 4. The number of hydrazine groups is 1. The molecule has 0 spiro atoms. The molecular weight excluding hydrogens is 903 g/mol. The van der Waals surface area contributed by atoms with Crippen molar-refractivity contribution >= 4 is 107 Å². The molecule has 332 valence electrons. The van der Waals surface area contributed by atoms with Crippen molar-refractivity contribution in [3.8, 4) is 0 Å². The SMILES string of the molecule is CC(C)(C)OC(=O)c1c(CBr)n(C(=O)OC(C)(C)C)c2c1ccc1cnc(Cl)cc12.CN(N)Cc1c(C(=O)OC(C)(C)C)c2ccc3cnc(Cl)cc3c2n1C(=O)OC(C)(C)C. The summed E-state index contributed by atoms with van der Waals surface area (Å²) in [6.07, 6.45) is 2.03. The van der Waals surface area contributed by atoms with Crippen molar-refractivity contribution in [1.82, 2.24) is 24.1 Å². The molecule has 4 aromatic heterocycles. The number of rotatable bonds is 5. The molecule has 0 aliphatic rings. The molecule has 0 bridgehead atoms. The Morgan fingerprint density at radius 2 is 0.968 bits per heavy atom. The molecule has 0 unspecified atom stereocenters. The van der Waals surface area contributed by atoms with Gasteiger partial charge in [-0.2, -0.15) is 0 Å². The summed E-state index contributed by atoms with van der Waals surface area (Å²) in [5, 5.41) is 6.19. The second-order valence-electron chi connectivity index (χ2n) is 18.7. The van der Waals surface area contributed by atoms with Crippen LogP contribution < -0.4 is 5.84 Å². The van der Waals surface area contributed by atoms with Crippen molar-refractivity contribution in [2.75, 3.05) is 7.05 Å². The van der Waals surface area contributed by atoms with Gasteiger partial charge >= 0.3 is 24.1 Å². The first-order valence-corrected chi connectivity index (χ1v) is 21.6. The van der Waals surface area contributed by atoms with E-state index in [-0.39, 0.29) is 27.7 Å². The minimum atomic E-state index is -0.755. The molecule has 2 aromatic carbocycles. The lowest BCUT2D eigenvalue weighted by Gasteiger charge is -2.22. The Balaban J connectivity index is 0.000000235. The van der Waals surface area contributed by atoms with Crippen LogP contribution in [0, 0.1) is 0 Å². The van der Waals surface area contributed by atoms with Crippen LogP contribution in [-0.4, -0.2) is 77.7 Å². The zero-order chi connectivity index (χ0) is 46.4. The summed E-state index contributed by atoms with van der Waals surface area (Å²) in [6.45, 7) is 21.5. The van der Waals surface area contributed by atoms with Gasteiger partial charge in [-0.25, -0.2) is 43.3 Å². The van der Waals surface area contributed by atoms with E-state index in [9.17, 15) is 19.2 Å². The standard InChI is InChI=1S/C23H29ClN4O4.C22H24BrClN2O4/c1-22(2,3)31-20(29)18-14-9-8-13-11-26-17(24)10-15(13)19(14)28(16(18)12-27(7)25)21(30)32-23(4,5)6;1-21(2,3)29-19(27)17-13-8-7-12-11-25-16(24)9-14(12)18(13)26(15(17)10-23)20(28)30-22(4,5)6/h8-11H,12,25H2,1-7H3;7-9,11H,10H2,1-6H3. The van der Waals surface area contributed by atoms with Gasteiger partial charge in [0.05, 0.1) is 40.1 Å². The van der Waals surface area contributed by atoms with Crippen LogP contribution in [0.15, 0.2) is 48.8 Å². The fourth-order valence-electron chi connectivity index (χ4n) is 6.69. The zero-order valence-electron chi connectivity index (χ0n) is 37.2. The highest BCUT2D eigenvalue weighted by Gasteiger charge is 2.34. The Bertz CT molecular complexity index is 2730. The summed E-state index contributed by atoms with van der Waals surface area (Å²) in [5.41, 5.74) is -0.477. The lowest BCUT2D eigenvalue weighted by Crippen LogP contribution is -2.32. The second kappa shape index (κ2) is 17.8. The van der Waals surface area contributed by atoms with E-state index >= 15 is 0 Å².